The molecule has 0 N–H and O–H groups in total. The van der Waals surface area contributed by atoms with Crippen molar-refractivity contribution in [1.29, 1.82) is 0 Å². The van der Waals surface area contributed by atoms with Gasteiger partial charge >= 0.3 is 0 Å². The van der Waals surface area contributed by atoms with Crippen LogP contribution in [0.5, 0.6) is 0 Å². The maximum absolute atomic E-state index is 2.47. The van der Waals surface area contributed by atoms with E-state index in [1.54, 1.807) is 0 Å². The molecular weight excluding hydrogens is 432 g/mol. The molecule has 0 heteroatoms. The van der Waals surface area contributed by atoms with Crippen LogP contribution < -0.4 is 0 Å². The van der Waals surface area contributed by atoms with Crippen molar-refractivity contribution in [2.75, 3.05) is 0 Å². The molecule has 1 aromatic carbocycles. The van der Waals surface area contributed by atoms with E-state index in [2.05, 4.69) is 123 Å². The fourth-order valence-corrected chi connectivity index (χ4v) is 7.06. The first-order chi connectivity index (χ1) is 16.5. The highest BCUT2D eigenvalue weighted by atomic mass is 14.5. The van der Waals surface area contributed by atoms with Gasteiger partial charge in [-0.3, -0.25) is 0 Å². The van der Waals surface area contributed by atoms with Gasteiger partial charge in [-0.15, -0.1) is 0 Å². The molecule has 1 fully saturated rings. The van der Waals surface area contributed by atoms with Gasteiger partial charge in [-0.05, 0) is 106 Å². The van der Waals surface area contributed by atoms with E-state index in [-0.39, 0.29) is 0 Å². The largest absolute Gasteiger partial charge is 0.0625 e. The minimum atomic E-state index is 0.612. The van der Waals surface area contributed by atoms with E-state index in [1.807, 2.05) is 0 Å². The third-order valence-corrected chi connectivity index (χ3v) is 9.39. The van der Waals surface area contributed by atoms with Crippen LogP contribution in [-0.2, 0) is 0 Å². The van der Waals surface area contributed by atoms with Crippen LogP contribution >= 0.6 is 0 Å². The Hall–Kier alpha value is -0.780. The van der Waals surface area contributed by atoms with Crippen LogP contribution in [0.4, 0.5) is 0 Å². The Labute approximate surface area is 228 Å². The van der Waals surface area contributed by atoms with Crippen molar-refractivity contribution in [2.45, 2.75) is 147 Å². The number of hydrogen-bond donors (Lipinski definition) is 0. The molecule has 1 aliphatic rings. The van der Waals surface area contributed by atoms with E-state index >= 15 is 0 Å². The second kappa shape index (κ2) is 14.4. The molecule has 4 atom stereocenters. The summed E-state index contributed by atoms with van der Waals surface area (Å²) in [5.74, 6) is 9.67. The van der Waals surface area contributed by atoms with Gasteiger partial charge in [0.05, 0.1) is 0 Å². The van der Waals surface area contributed by atoms with Gasteiger partial charge in [0.1, 0.15) is 0 Å². The lowest BCUT2D eigenvalue weighted by Crippen LogP contribution is -2.40. The first-order valence-electron chi connectivity index (χ1n) is 15.7. The Balaban J connectivity index is 0.000000360. The predicted octanol–water partition coefficient (Wildman–Crippen LogP) is 12.0. The van der Waals surface area contributed by atoms with Crippen molar-refractivity contribution >= 4 is 0 Å². The Kier molecular flexibility index (Phi) is 13.3. The fraction of sp³-hybridized carbons (Fsp3) is 0.833. The van der Waals surface area contributed by atoms with Crippen LogP contribution in [0.1, 0.15) is 170 Å². The first kappa shape index (κ1) is 33.2. The second-order valence-corrected chi connectivity index (χ2v) is 14.8. The molecule has 36 heavy (non-hydrogen) atoms. The zero-order chi connectivity index (χ0) is 28.1. The van der Waals surface area contributed by atoms with Crippen molar-refractivity contribution in [3.8, 4) is 0 Å². The van der Waals surface area contributed by atoms with Crippen LogP contribution in [0, 0.1) is 47.3 Å². The smallest absolute Gasteiger partial charge is 0.0216 e. The highest BCUT2D eigenvalue weighted by Crippen LogP contribution is 2.49. The Morgan fingerprint density at radius 2 is 0.528 bits per heavy atom. The lowest BCUT2D eigenvalue weighted by molar-refractivity contribution is 0.0135. The summed E-state index contributed by atoms with van der Waals surface area (Å²) in [5, 5.41) is 0. The summed E-state index contributed by atoms with van der Waals surface area (Å²) in [7, 11) is 0. The zero-order valence-corrected chi connectivity index (χ0v) is 27.5. The second-order valence-electron chi connectivity index (χ2n) is 14.8. The first-order valence-corrected chi connectivity index (χ1v) is 15.7. The summed E-state index contributed by atoms with van der Waals surface area (Å²) in [4.78, 5) is 0. The van der Waals surface area contributed by atoms with Crippen LogP contribution in [0.15, 0.2) is 12.1 Å². The van der Waals surface area contributed by atoms with Crippen molar-refractivity contribution in [1.82, 2.24) is 0 Å². The normalized spacial score (nSPS) is 23.1. The monoisotopic (exact) mass is 499 g/mol. The van der Waals surface area contributed by atoms with E-state index in [9.17, 15) is 0 Å². The molecule has 210 valence electrons. The van der Waals surface area contributed by atoms with E-state index in [4.69, 9.17) is 0 Å². The maximum atomic E-state index is 2.47. The summed E-state index contributed by atoms with van der Waals surface area (Å²) in [6, 6.07) is 4.94. The van der Waals surface area contributed by atoms with Crippen molar-refractivity contribution in [3.63, 3.8) is 0 Å². The van der Waals surface area contributed by atoms with Crippen LogP contribution in [0.25, 0.3) is 0 Å². The number of hydrogen-bond acceptors (Lipinski definition) is 0. The molecule has 0 spiro atoms. The molecule has 0 radical (unpaired) electrons. The maximum Gasteiger partial charge on any atom is -0.0216 e. The highest BCUT2D eigenvalue weighted by Gasteiger charge is 2.41. The molecule has 0 saturated heterocycles. The van der Waals surface area contributed by atoms with E-state index in [0.717, 1.165) is 47.3 Å². The van der Waals surface area contributed by atoms with Gasteiger partial charge in [0.2, 0.25) is 0 Å². The Bertz CT molecular complexity index is 634. The van der Waals surface area contributed by atoms with Gasteiger partial charge in [-0.1, -0.05) is 123 Å². The van der Waals surface area contributed by atoms with Gasteiger partial charge in [-0.25, -0.2) is 0 Å². The highest BCUT2D eigenvalue weighted by molar-refractivity contribution is 5.44. The molecule has 0 amide bonds. The van der Waals surface area contributed by atoms with Crippen molar-refractivity contribution in [2.24, 2.45) is 47.3 Å². The molecule has 1 saturated carbocycles. The average molecular weight is 499 g/mol. The van der Waals surface area contributed by atoms with E-state index < -0.39 is 0 Å². The lowest BCUT2D eigenvalue weighted by atomic mass is 9.57. The van der Waals surface area contributed by atoms with Crippen LogP contribution in [-0.4, -0.2) is 0 Å². The average Bonchev–Trinajstić information content (AvgIpc) is 2.76. The SMILES string of the molecule is CC(C)C1CC(C(C)C)C(C(C)C)CC1C(C)C.CC(C)c1cc(C(C)C)c(C(C)C)cc1C(C)C. The molecular formula is C36H66. The topological polar surface area (TPSA) is 0 Å². The standard InChI is InChI=1S/C18H36.C18H30/c2*1-11(2)15-9-17(13(5)6)18(14(7)8)10-16(15)12(3)4/h11-18H,9-10H2,1-8H3;9-14H,1-8H3. The number of rotatable bonds is 8. The van der Waals surface area contributed by atoms with Crippen molar-refractivity contribution < 1.29 is 0 Å². The Morgan fingerprint density at radius 1 is 0.361 bits per heavy atom. The summed E-state index contributed by atoms with van der Waals surface area (Å²) >= 11 is 0. The summed E-state index contributed by atoms with van der Waals surface area (Å²) in [6.45, 7) is 37.9. The molecule has 1 aliphatic carbocycles. The fourth-order valence-electron chi connectivity index (χ4n) is 7.06. The van der Waals surface area contributed by atoms with Gasteiger partial charge in [0, 0.05) is 0 Å². The van der Waals surface area contributed by atoms with Gasteiger partial charge in [0.25, 0.3) is 0 Å². The molecule has 4 unspecified atom stereocenters. The molecule has 1 aromatic rings. The minimum Gasteiger partial charge on any atom is -0.0625 e. The third-order valence-electron chi connectivity index (χ3n) is 9.39. The molecule has 0 aliphatic heterocycles. The summed E-state index contributed by atoms with van der Waals surface area (Å²) in [6.07, 6.45) is 2.95. The predicted molar refractivity (Wildman–Crippen MR) is 165 cm³/mol. The van der Waals surface area contributed by atoms with Crippen LogP contribution in [0.3, 0.4) is 0 Å². The summed E-state index contributed by atoms with van der Waals surface area (Å²) < 4.78 is 0. The third kappa shape index (κ3) is 8.63. The van der Waals surface area contributed by atoms with Gasteiger partial charge in [0.15, 0.2) is 0 Å². The van der Waals surface area contributed by atoms with Gasteiger partial charge in [-0.2, -0.15) is 0 Å². The molecule has 0 aromatic heterocycles. The Morgan fingerprint density at radius 3 is 0.639 bits per heavy atom. The summed E-state index contributed by atoms with van der Waals surface area (Å²) in [5.41, 5.74) is 6.16. The van der Waals surface area contributed by atoms with Gasteiger partial charge < -0.3 is 0 Å². The van der Waals surface area contributed by atoms with Crippen LogP contribution in [0.2, 0.25) is 0 Å². The minimum absolute atomic E-state index is 0.612. The van der Waals surface area contributed by atoms with Crippen molar-refractivity contribution in [3.05, 3.63) is 34.4 Å². The molecule has 0 nitrogen and oxygen atoms in total. The quantitative estimate of drug-likeness (QED) is 0.334. The molecule has 0 heterocycles. The zero-order valence-electron chi connectivity index (χ0n) is 27.5. The lowest BCUT2D eigenvalue weighted by Gasteiger charge is -2.48. The van der Waals surface area contributed by atoms with E-state index in [1.165, 1.54) is 35.1 Å². The number of benzene rings is 1. The molecule has 2 rings (SSSR count). The van der Waals surface area contributed by atoms with E-state index in [0.29, 0.717) is 23.7 Å². The molecule has 0 bridgehead atoms.